The Morgan fingerprint density at radius 2 is 1.78 bits per heavy atom. The van der Waals surface area contributed by atoms with Crippen molar-refractivity contribution in [3.63, 3.8) is 0 Å². The molecule has 0 radical (unpaired) electrons. The van der Waals surface area contributed by atoms with Gasteiger partial charge in [-0.25, -0.2) is 0 Å². The average Bonchev–Trinajstić information content (AvgIpc) is 2.99. The summed E-state index contributed by atoms with van der Waals surface area (Å²) in [4.78, 5) is 9.28. The smallest absolute Gasteiger partial charge is 0.191 e. The molecule has 2 heterocycles. The third-order valence-corrected chi connectivity index (χ3v) is 4.31. The van der Waals surface area contributed by atoms with Gasteiger partial charge in [0.2, 0.25) is 0 Å². The van der Waals surface area contributed by atoms with Crippen molar-refractivity contribution in [3.8, 4) is 0 Å². The molecule has 0 unspecified atom stereocenters. The van der Waals surface area contributed by atoms with E-state index in [0.717, 1.165) is 32.0 Å². The lowest BCUT2D eigenvalue weighted by Gasteiger charge is -2.20. The van der Waals surface area contributed by atoms with Crippen LogP contribution in [0.5, 0.6) is 0 Å². The molecule has 6 nitrogen and oxygen atoms in total. The van der Waals surface area contributed by atoms with E-state index in [1.807, 2.05) is 19.2 Å². The zero-order valence-corrected chi connectivity index (χ0v) is 14.7. The molecular weight excluding hydrogens is 288 g/mol. The van der Waals surface area contributed by atoms with E-state index in [2.05, 4.69) is 49.4 Å². The summed E-state index contributed by atoms with van der Waals surface area (Å²) in [5, 5.41) is 6.77. The molecule has 6 heteroatoms. The number of hydrogen-bond acceptors (Lipinski definition) is 3. The Balaban J connectivity index is 1.54. The number of guanidine groups is 1. The summed E-state index contributed by atoms with van der Waals surface area (Å²) in [6.07, 6.45) is 6.60. The highest BCUT2D eigenvalue weighted by Gasteiger charge is 2.11. The molecule has 0 atom stereocenters. The van der Waals surface area contributed by atoms with Crippen LogP contribution in [0.2, 0.25) is 0 Å². The maximum absolute atomic E-state index is 4.28. The van der Waals surface area contributed by atoms with Crippen molar-refractivity contribution in [3.05, 3.63) is 24.5 Å². The Bertz CT molecular complexity index is 442. The molecule has 1 aromatic rings. The van der Waals surface area contributed by atoms with Gasteiger partial charge >= 0.3 is 0 Å². The van der Waals surface area contributed by atoms with Crippen LogP contribution in [0.25, 0.3) is 0 Å². The molecular formula is C17H32N6. The van der Waals surface area contributed by atoms with Crippen LogP contribution in [0.3, 0.4) is 0 Å². The first-order chi connectivity index (χ1) is 11.3. The third kappa shape index (κ3) is 7.05. The molecule has 0 spiro atoms. The molecule has 1 aromatic heterocycles. The first-order valence-corrected chi connectivity index (χ1v) is 8.74. The fourth-order valence-electron chi connectivity index (χ4n) is 2.88. The molecule has 0 aliphatic carbocycles. The second kappa shape index (κ2) is 10.3. The standard InChI is InChI=1S/C17H32N6/c1-18-17(20-8-14-22-10-3-4-11-22)19-7-5-12-23-13-6-9-21(2)15-16-23/h3-4,10-11H,5-9,12-16H2,1-2H3,(H2,18,19,20). The Morgan fingerprint density at radius 1 is 1.00 bits per heavy atom. The van der Waals surface area contributed by atoms with Gasteiger partial charge in [0.1, 0.15) is 0 Å². The van der Waals surface area contributed by atoms with Crippen molar-refractivity contribution in [2.24, 2.45) is 4.99 Å². The molecule has 0 saturated carbocycles. The molecule has 0 bridgehead atoms. The topological polar surface area (TPSA) is 47.8 Å². The Labute approximate surface area is 140 Å². The molecule has 2 rings (SSSR count). The molecule has 0 amide bonds. The predicted molar refractivity (Wildman–Crippen MR) is 97.0 cm³/mol. The van der Waals surface area contributed by atoms with Gasteiger partial charge in [0, 0.05) is 52.2 Å². The first kappa shape index (κ1) is 17.8. The number of likely N-dealkylation sites (N-methyl/N-ethyl adjacent to an activating group) is 1. The number of nitrogens with one attached hydrogen (secondary N) is 2. The van der Waals surface area contributed by atoms with Crippen molar-refractivity contribution in [2.45, 2.75) is 19.4 Å². The van der Waals surface area contributed by atoms with Crippen molar-refractivity contribution in [1.29, 1.82) is 0 Å². The number of hydrogen-bond donors (Lipinski definition) is 2. The molecule has 0 aromatic carbocycles. The van der Waals surface area contributed by atoms with Gasteiger partial charge in [-0.05, 0) is 51.7 Å². The van der Waals surface area contributed by atoms with Crippen LogP contribution < -0.4 is 10.6 Å². The van der Waals surface area contributed by atoms with Crippen molar-refractivity contribution < 1.29 is 0 Å². The van der Waals surface area contributed by atoms with Gasteiger partial charge in [-0.3, -0.25) is 4.99 Å². The van der Waals surface area contributed by atoms with Crippen molar-refractivity contribution in [2.75, 3.05) is 59.9 Å². The van der Waals surface area contributed by atoms with Gasteiger partial charge < -0.3 is 25.0 Å². The van der Waals surface area contributed by atoms with E-state index in [-0.39, 0.29) is 0 Å². The van der Waals surface area contributed by atoms with E-state index < -0.39 is 0 Å². The van der Waals surface area contributed by atoms with Gasteiger partial charge in [0.15, 0.2) is 5.96 Å². The second-order valence-corrected chi connectivity index (χ2v) is 6.20. The van der Waals surface area contributed by atoms with Gasteiger partial charge in [-0.1, -0.05) is 0 Å². The minimum Gasteiger partial charge on any atom is -0.356 e. The van der Waals surface area contributed by atoms with Crippen LogP contribution in [-0.2, 0) is 6.54 Å². The summed E-state index contributed by atoms with van der Waals surface area (Å²) >= 11 is 0. The number of nitrogens with zero attached hydrogens (tertiary/aromatic N) is 4. The lowest BCUT2D eigenvalue weighted by molar-refractivity contribution is 0.274. The monoisotopic (exact) mass is 320 g/mol. The molecule has 1 fully saturated rings. The van der Waals surface area contributed by atoms with Crippen LogP contribution in [0.1, 0.15) is 12.8 Å². The van der Waals surface area contributed by atoms with Gasteiger partial charge in [-0.2, -0.15) is 0 Å². The van der Waals surface area contributed by atoms with Crippen LogP contribution >= 0.6 is 0 Å². The summed E-state index contributed by atoms with van der Waals surface area (Å²) < 4.78 is 2.16. The van der Waals surface area contributed by atoms with Crippen molar-refractivity contribution >= 4 is 5.96 Å². The van der Waals surface area contributed by atoms with Gasteiger partial charge in [0.05, 0.1) is 0 Å². The Morgan fingerprint density at radius 3 is 2.57 bits per heavy atom. The Kier molecular flexibility index (Phi) is 7.97. The van der Waals surface area contributed by atoms with E-state index in [4.69, 9.17) is 0 Å². The second-order valence-electron chi connectivity index (χ2n) is 6.20. The highest BCUT2D eigenvalue weighted by Crippen LogP contribution is 2.01. The fourth-order valence-corrected chi connectivity index (χ4v) is 2.88. The molecule has 1 aliphatic heterocycles. The highest BCUT2D eigenvalue weighted by atomic mass is 15.2. The fraction of sp³-hybridized carbons (Fsp3) is 0.706. The van der Waals surface area contributed by atoms with Gasteiger partial charge in [0.25, 0.3) is 0 Å². The van der Waals surface area contributed by atoms with Crippen LogP contribution in [0.15, 0.2) is 29.5 Å². The van der Waals surface area contributed by atoms with Crippen molar-refractivity contribution in [1.82, 2.24) is 25.0 Å². The summed E-state index contributed by atoms with van der Waals surface area (Å²) in [7, 11) is 4.05. The summed E-state index contributed by atoms with van der Waals surface area (Å²) in [6.45, 7) is 8.82. The number of aromatic nitrogens is 1. The minimum absolute atomic E-state index is 0.882. The highest BCUT2D eigenvalue weighted by molar-refractivity contribution is 5.79. The molecule has 2 N–H and O–H groups in total. The zero-order valence-electron chi connectivity index (χ0n) is 14.7. The van der Waals surface area contributed by atoms with Crippen LogP contribution in [0.4, 0.5) is 0 Å². The first-order valence-electron chi connectivity index (χ1n) is 8.74. The molecule has 1 aliphatic rings. The molecule has 1 saturated heterocycles. The van der Waals surface area contributed by atoms with Gasteiger partial charge in [-0.15, -0.1) is 0 Å². The minimum atomic E-state index is 0.882. The van der Waals surface area contributed by atoms with E-state index >= 15 is 0 Å². The molecule has 130 valence electrons. The zero-order chi connectivity index (χ0) is 16.3. The number of rotatable bonds is 7. The number of aliphatic imine (C=N–C) groups is 1. The van der Waals surface area contributed by atoms with E-state index in [1.54, 1.807) is 0 Å². The SMILES string of the molecule is CN=C(NCCCN1CCCN(C)CC1)NCCn1cccc1. The molecule has 23 heavy (non-hydrogen) atoms. The normalized spacial score (nSPS) is 17.9. The quantitative estimate of drug-likeness (QED) is 0.441. The van der Waals surface area contributed by atoms with E-state index in [0.29, 0.717) is 0 Å². The lowest BCUT2D eigenvalue weighted by atomic mass is 10.3. The summed E-state index contributed by atoms with van der Waals surface area (Å²) in [5.41, 5.74) is 0. The Hall–Kier alpha value is -1.53. The largest absolute Gasteiger partial charge is 0.356 e. The maximum atomic E-state index is 4.28. The van der Waals surface area contributed by atoms with E-state index in [1.165, 1.54) is 39.1 Å². The predicted octanol–water partition coefficient (Wildman–Crippen LogP) is 0.681. The third-order valence-electron chi connectivity index (χ3n) is 4.31. The maximum Gasteiger partial charge on any atom is 0.191 e. The van der Waals surface area contributed by atoms with Crippen LogP contribution in [-0.4, -0.2) is 80.2 Å². The summed E-state index contributed by atoms with van der Waals surface area (Å²) in [5.74, 6) is 0.896. The average molecular weight is 320 g/mol. The van der Waals surface area contributed by atoms with E-state index in [9.17, 15) is 0 Å². The lowest BCUT2D eigenvalue weighted by Crippen LogP contribution is -2.40. The summed E-state index contributed by atoms with van der Waals surface area (Å²) in [6, 6.07) is 4.10. The van der Waals surface area contributed by atoms with Crippen LogP contribution in [0, 0.1) is 0 Å².